The Morgan fingerprint density at radius 3 is 2.78 bits per heavy atom. The Hall–Kier alpha value is -2.07. The second-order valence-corrected chi connectivity index (χ2v) is 5.03. The highest BCUT2D eigenvalue weighted by molar-refractivity contribution is 7.17. The van der Waals surface area contributed by atoms with E-state index in [0.717, 1.165) is 16.6 Å². The average molecular weight is 257 g/mol. The van der Waals surface area contributed by atoms with Gasteiger partial charge in [-0.05, 0) is 29.0 Å². The molecule has 0 unspecified atom stereocenters. The summed E-state index contributed by atoms with van der Waals surface area (Å²) in [4.78, 5) is 14.8. The maximum atomic E-state index is 10.9. The minimum absolute atomic E-state index is 0.256. The van der Waals surface area contributed by atoms with E-state index in [0.29, 0.717) is 0 Å². The molecule has 2 N–H and O–H groups in total. The molecule has 0 aliphatic carbocycles. The number of carboxylic acids is 1. The van der Waals surface area contributed by atoms with Crippen LogP contribution in [-0.4, -0.2) is 16.1 Å². The van der Waals surface area contributed by atoms with Crippen LogP contribution < -0.4 is 0 Å². The molecular weight excluding hydrogens is 246 g/mol. The topological polar surface area (TPSA) is 53.1 Å². The van der Waals surface area contributed by atoms with Crippen molar-refractivity contribution in [2.24, 2.45) is 0 Å². The van der Waals surface area contributed by atoms with E-state index in [1.807, 2.05) is 18.2 Å². The molecule has 2 heterocycles. The van der Waals surface area contributed by atoms with Gasteiger partial charge >= 0.3 is 5.97 Å². The lowest BCUT2D eigenvalue weighted by atomic mass is 10.1. The van der Waals surface area contributed by atoms with Crippen molar-refractivity contribution in [2.75, 3.05) is 0 Å². The van der Waals surface area contributed by atoms with Crippen molar-refractivity contribution in [1.29, 1.82) is 0 Å². The Bertz CT molecular complexity index is 697. The molecule has 3 rings (SSSR count). The predicted molar refractivity (Wildman–Crippen MR) is 72.4 cm³/mol. The van der Waals surface area contributed by atoms with Gasteiger partial charge in [-0.1, -0.05) is 30.3 Å². The molecule has 0 fully saturated rings. The van der Waals surface area contributed by atoms with Crippen LogP contribution in [0, 0.1) is 0 Å². The first kappa shape index (κ1) is 11.0. The third kappa shape index (κ3) is 1.91. The molecule has 3 nitrogen and oxygen atoms in total. The number of aromatic nitrogens is 1. The minimum Gasteiger partial charge on any atom is -0.477 e. The van der Waals surface area contributed by atoms with Crippen LogP contribution in [0.25, 0.3) is 10.2 Å². The smallest absolute Gasteiger partial charge is 0.352 e. The molecule has 0 saturated carbocycles. The Kier molecular flexibility index (Phi) is 2.64. The third-order valence-corrected chi connectivity index (χ3v) is 3.87. The molecule has 0 atom stereocenters. The highest BCUT2D eigenvalue weighted by Gasteiger charge is 2.12. The Morgan fingerprint density at radius 1 is 1.28 bits per heavy atom. The molecule has 18 heavy (non-hydrogen) atoms. The number of carboxylic acid groups (broad SMARTS) is 1. The standard InChI is InChI=1S/C14H11NO2S/c16-14(17)12-7-11-10(8-18-13(11)15-12)6-9-4-2-1-3-5-9/h1-5,7-8,15H,6H2,(H,16,17). The first-order valence-electron chi connectivity index (χ1n) is 5.60. The van der Waals surface area contributed by atoms with Crippen molar-refractivity contribution in [1.82, 2.24) is 4.98 Å². The predicted octanol–water partition coefficient (Wildman–Crippen LogP) is 3.52. The summed E-state index contributed by atoms with van der Waals surface area (Å²) in [7, 11) is 0. The molecule has 0 amide bonds. The Morgan fingerprint density at radius 2 is 2.06 bits per heavy atom. The molecule has 0 radical (unpaired) electrons. The molecule has 0 spiro atoms. The summed E-state index contributed by atoms with van der Waals surface area (Å²) >= 11 is 1.55. The summed E-state index contributed by atoms with van der Waals surface area (Å²) in [5.74, 6) is -0.913. The van der Waals surface area contributed by atoms with E-state index < -0.39 is 5.97 Å². The number of benzene rings is 1. The van der Waals surface area contributed by atoms with Gasteiger partial charge in [-0.15, -0.1) is 11.3 Å². The SMILES string of the molecule is O=C(O)c1cc2c(Cc3ccccc3)csc2[nH]1. The first-order valence-corrected chi connectivity index (χ1v) is 6.48. The van der Waals surface area contributed by atoms with Gasteiger partial charge in [-0.25, -0.2) is 4.79 Å². The quantitative estimate of drug-likeness (QED) is 0.754. The number of hydrogen-bond acceptors (Lipinski definition) is 2. The number of fused-ring (bicyclic) bond motifs is 1. The fourth-order valence-corrected chi connectivity index (χ4v) is 2.98. The van der Waals surface area contributed by atoms with Crippen LogP contribution >= 0.6 is 11.3 Å². The monoisotopic (exact) mass is 257 g/mol. The summed E-state index contributed by atoms with van der Waals surface area (Å²) in [5, 5.41) is 12.1. The molecule has 1 aromatic carbocycles. The summed E-state index contributed by atoms with van der Waals surface area (Å²) in [6, 6.07) is 11.9. The van der Waals surface area contributed by atoms with E-state index in [4.69, 9.17) is 5.11 Å². The Balaban J connectivity index is 1.99. The van der Waals surface area contributed by atoms with Gasteiger partial charge in [-0.2, -0.15) is 0 Å². The fourth-order valence-electron chi connectivity index (χ4n) is 2.03. The Labute approximate surface area is 108 Å². The number of hydrogen-bond donors (Lipinski definition) is 2. The zero-order chi connectivity index (χ0) is 12.5. The lowest BCUT2D eigenvalue weighted by Crippen LogP contribution is -1.94. The molecule has 0 saturated heterocycles. The maximum absolute atomic E-state index is 10.9. The average Bonchev–Trinajstić information content (AvgIpc) is 2.93. The number of nitrogens with one attached hydrogen (secondary N) is 1. The van der Waals surface area contributed by atoms with Gasteiger partial charge in [0.25, 0.3) is 0 Å². The van der Waals surface area contributed by atoms with Crippen LogP contribution in [0.3, 0.4) is 0 Å². The third-order valence-electron chi connectivity index (χ3n) is 2.91. The number of rotatable bonds is 3. The van der Waals surface area contributed by atoms with Crippen LogP contribution in [0.2, 0.25) is 0 Å². The van der Waals surface area contributed by atoms with Crippen molar-refractivity contribution < 1.29 is 9.90 Å². The molecule has 0 bridgehead atoms. The van der Waals surface area contributed by atoms with Gasteiger partial charge in [0.1, 0.15) is 10.5 Å². The summed E-state index contributed by atoms with van der Waals surface area (Å²) in [5.41, 5.74) is 2.66. The van der Waals surface area contributed by atoms with Gasteiger partial charge in [0.05, 0.1) is 0 Å². The summed E-state index contributed by atoms with van der Waals surface area (Å²) < 4.78 is 0. The largest absolute Gasteiger partial charge is 0.477 e. The van der Waals surface area contributed by atoms with E-state index >= 15 is 0 Å². The second-order valence-electron chi connectivity index (χ2n) is 4.15. The zero-order valence-electron chi connectivity index (χ0n) is 9.51. The zero-order valence-corrected chi connectivity index (χ0v) is 10.3. The van der Waals surface area contributed by atoms with Crippen molar-refractivity contribution in [2.45, 2.75) is 6.42 Å². The van der Waals surface area contributed by atoms with Crippen LogP contribution in [0.4, 0.5) is 0 Å². The minimum atomic E-state index is -0.913. The van der Waals surface area contributed by atoms with Gasteiger partial charge in [0, 0.05) is 5.39 Å². The molecule has 0 aliphatic heterocycles. The van der Waals surface area contributed by atoms with Crippen LogP contribution in [0.1, 0.15) is 21.6 Å². The number of carbonyl (C=O) groups is 1. The van der Waals surface area contributed by atoms with Crippen molar-refractivity contribution >= 4 is 27.5 Å². The second kappa shape index (κ2) is 4.31. The van der Waals surface area contributed by atoms with Crippen molar-refractivity contribution in [3.05, 3.63) is 58.6 Å². The van der Waals surface area contributed by atoms with Gasteiger partial charge in [0.2, 0.25) is 0 Å². The molecule has 0 aliphatic rings. The van der Waals surface area contributed by atoms with Crippen LogP contribution in [0.15, 0.2) is 41.8 Å². The first-order chi connectivity index (χ1) is 8.74. The normalized spacial score (nSPS) is 10.9. The number of aromatic amines is 1. The molecule has 3 aromatic rings. The highest BCUT2D eigenvalue weighted by atomic mass is 32.1. The van der Waals surface area contributed by atoms with Crippen LogP contribution in [-0.2, 0) is 6.42 Å². The fraction of sp³-hybridized carbons (Fsp3) is 0.0714. The van der Waals surface area contributed by atoms with E-state index in [-0.39, 0.29) is 5.69 Å². The van der Waals surface area contributed by atoms with Crippen molar-refractivity contribution in [3.63, 3.8) is 0 Å². The lowest BCUT2D eigenvalue weighted by Gasteiger charge is -1.98. The maximum Gasteiger partial charge on any atom is 0.352 e. The lowest BCUT2D eigenvalue weighted by molar-refractivity contribution is 0.0691. The molecule has 4 heteroatoms. The van der Waals surface area contributed by atoms with E-state index in [1.54, 1.807) is 17.4 Å². The van der Waals surface area contributed by atoms with Gasteiger partial charge < -0.3 is 10.1 Å². The molecular formula is C14H11NO2S. The van der Waals surface area contributed by atoms with Crippen LogP contribution in [0.5, 0.6) is 0 Å². The van der Waals surface area contributed by atoms with E-state index in [1.165, 1.54) is 11.1 Å². The highest BCUT2D eigenvalue weighted by Crippen LogP contribution is 2.28. The molecule has 90 valence electrons. The van der Waals surface area contributed by atoms with E-state index in [9.17, 15) is 4.79 Å². The molecule has 2 aromatic heterocycles. The van der Waals surface area contributed by atoms with E-state index in [2.05, 4.69) is 22.5 Å². The van der Waals surface area contributed by atoms with Crippen molar-refractivity contribution in [3.8, 4) is 0 Å². The van der Waals surface area contributed by atoms with Gasteiger partial charge in [0.15, 0.2) is 0 Å². The summed E-state index contributed by atoms with van der Waals surface area (Å²) in [6.45, 7) is 0. The number of H-pyrrole nitrogens is 1. The summed E-state index contributed by atoms with van der Waals surface area (Å²) in [6.07, 6.45) is 0.831. The number of aromatic carboxylic acids is 1. The number of thiophene rings is 1. The van der Waals surface area contributed by atoms with Gasteiger partial charge in [-0.3, -0.25) is 0 Å².